The summed E-state index contributed by atoms with van der Waals surface area (Å²) in [6.45, 7) is 14.2. The third kappa shape index (κ3) is 5.67. The van der Waals surface area contributed by atoms with Crippen LogP contribution >= 0.6 is 0 Å². The lowest BCUT2D eigenvalue weighted by molar-refractivity contribution is 0.219. The SMILES string of the molecule is CCCCC(C(C)C)C(C)CC(C)C. The number of unbranched alkanes of at least 4 members (excludes halogenated alkanes) is 1. The molecule has 0 radical (unpaired) electrons. The molecule has 0 aliphatic rings. The molecule has 0 aliphatic heterocycles. The Balaban J connectivity index is 4.04. The zero-order chi connectivity index (χ0) is 11.1. The first-order chi connectivity index (χ1) is 6.49. The molecule has 0 heterocycles. The van der Waals surface area contributed by atoms with Crippen molar-refractivity contribution < 1.29 is 0 Å². The van der Waals surface area contributed by atoms with Crippen molar-refractivity contribution in [1.82, 2.24) is 0 Å². The molecule has 0 bridgehead atoms. The summed E-state index contributed by atoms with van der Waals surface area (Å²) < 4.78 is 0. The Morgan fingerprint density at radius 2 is 1.50 bits per heavy atom. The summed E-state index contributed by atoms with van der Waals surface area (Å²) >= 11 is 0. The molecule has 2 unspecified atom stereocenters. The van der Waals surface area contributed by atoms with E-state index in [9.17, 15) is 0 Å². The Morgan fingerprint density at radius 1 is 0.929 bits per heavy atom. The van der Waals surface area contributed by atoms with Crippen LogP contribution in [-0.4, -0.2) is 0 Å². The fourth-order valence-electron chi connectivity index (χ4n) is 2.63. The average molecular weight is 198 g/mol. The Labute approximate surface area is 91.5 Å². The van der Waals surface area contributed by atoms with E-state index in [0.717, 1.165) is 23.7 Å². The van der Waals surface area contributed by atoms with E-state index in [1.165, 1.54) is 25.7 Å². The van der Waals surface area contributed by atoms with Crippen LogP contribution in [0.1, 0.15) is 67.2 Å². The first-order valence-corrected chi connectivity index (χ1v) is 6.49. The van der Waals surface area contributed by atoms with Crippen molar-refractivity contribution >= 4 is 0 Å². The van der Waals surface area contributed by atoms with Crippen LogP contribution < -0.4 is 0 Å². The fourth-order valence-corrected chi connectivity index (χ4v) is 2.63. The molecule has 2 atom stereocenters. The smallest absolute Gasteiger partial charge is 0.0365 e. The summed E-state index contributed by atoms with van der Waals surface area (Å²) in [4.78, 5) is 0. The fraction of sp³-hybridized carbons (Fsp3) is 1.00. The van der Waals surface area contributed by atoms with E-state index in [4.69, 9.17) is 0 Å². The van der Waals surface area contributed by atoms with Gasteiger partial charge in [-0.15, -0.1) is 0 Å². The second-order valence-corrected chi connectivity index (χ2v) is 5.66. The van der Waals surface area contributed by atoms with Crippen LogP contribution in [-0.2, 0) is 0 Å². The highest BCUT2D eigenvalue weighted by Gasteiger charge is 2.20. The van der Waals surface area contributed by atoms with Gasteiger partial charge >= 0.3 is 0 Å². The van der Waals surface area contributed by atoms with Crippen LogP contribution in [0.3, 0.4) is 0 Å². The van der Waals surface area contributed by atoms with Crippen LogP contribution in [0.2, 0.25) is 0 Å². The molecule has 0 nitrogen and oxygen atoms in total. The molecule has 0 heteroatoms. The van der Waals surface area contributed by atoms with Crippen LogP contribution in [0.5, 0.6) is 0 Å². The maximum Gasteiger partial charge on any atom is -0.0365 e. The van der Waals surface area contributed by atoms with Crippen LogP contribution in [0, 0.1) is 23.7 Å². The molecule has 0 N–H and O–H groups in total. The van der Waals surface area contributed by atoms with Crippen molar-refractivity contribution in [2.24, 2.45) is 23.7 Å². The van der Waals surface area contributed by atoms with Crippen molar-refractivity contribution in [3.63, 3.8) is 0 Å². The lowest BCUT2D eigenvalue weighted by atomic mass is 9.77. The van der Waals surface area contributed by atoms with Gasteiger partial charge in [-0.3, -0.25) is 0 Å². The predicted octanol–water partition coefficient (Wildman–Crippen LogP) is 5.13. The number of rotatable bonds is 7. The average Bonchev–Trinajstić information content (AvgIpc) is 2.02. The van der Waals surface area contributed by atoms with Gasteiger partial charge in [0.25, 0.3) is 0 Å². The van der Waals surface area contributed by atoms with Gasteiger partial charge in [-0.05, 0) is 36.5 Å². The Kier molecular flexibility index (Phi) is 7.31. The molecule has 0 rings (SSSR count). The molecule has 0 fully saturated rings. The maximum atomic E-state index is 2.44. The Bertz CT molecular complexity index is 124. The third-order valence-corrected chi connectivity index (χ3v) is 3.32. The normalized spacial score (nSPS) is 16.3. The zero-order valence-corrected chi connectivity index (χ0v) is 11.1. The zero-order valence-electron chi connectivity index (χ0n) is 11.1. The highest BCUT2D eigenvalue weighted by atomic mass is 14.3. The lowest BCUT2D eigenvalue weighted by Gasteiger charge is -2.28. The van der Waals surface area contributed by atoms with E-state index >= 15 is 0 Å². The van der Waals surface area contributed by atoms with Crippen LogP contribution in [0.15, 0.2) is 0 Å². The summed E-state index contributed by atoms with van der Waals surface area (Å²) in [6.07, 6.45) is 5.58. The minimum Gasteiger partial charge on any atom is -0.0654 e. The van der Waals surface area contributed by atoms with Crippen molar-refractivity contribution in [3.8, 4) is 0 Å². The van der Waals surface area contributed by atoms with E-state index in [-0.39, 0.29) is 0 Å². The second kappa shape index (κ2) is 7.31. The first kappa shape index (κ1) is 14.0. The molecule has 0 aromatic carbocycles. The minimum absolute atomic E-state index is 0.855. The van der Waals surface area contributed by atoms with Gasteiger partial charge in [-0.1, -0.05) is 54.4 Å². The van der Waals surface area contributed by atoms with E-state index in [0.29, 0.717) is 0 Å². The molecule has 14 heavy (non-hydrogen) atoms. The molecule has 0 aromatic heterocycles. The minimum atomic E-state index is 0.855. The van der Waals surface area contributed by atoms with E-state index in [1.807, 2.05) is 0 Å². The Hall–Kier alpha value is 0. The molecule has 0 saturated heterocycles. The molecule has 0 spiro atoms. The first-order valence-electron chi connectivity index (χ1n) is 6.49. The highest BCUT2D eigenvalue weighted by molar-refractivity contribution is 4.70. The van der Waals surface area contributed by atoms with Gasteiger partial charge in [-0.25, -0.2) is 0 Å². The topological polar surface area (TPSA) is 0 Å². The maximum absolute atomic E-state index is 2.44. The van der Waals surface area contributed by atoms with Gasteiger partial charge in [0.05, 0.1) is 0 Å². The van der Waals surface area contributed by atoms with Gasteiger partial charge in [0.2, 0.25) is 0 Å². The van der Waals surface area contributed by atoms with Crippen molar-refractivity contribution in [2.75, 3.05) is 0 Å². The lowest BCUT2D eigenvalue weighted by Crippen LogP contribution is -2.19. The van der Waals surface area contributed by atoms with Gasteiger partial charge < -0.3 is 0 Å². The molecule has 0 aromatic rings. The number of hydrogen-bond acceptors (Lipinski definition) is 0. The molecular formula is C14H30. The Morgan fingerprint density at radius 3 is 1.86 bits per heavy atom. The van der Waals surface area contributed by atoms with Crippen molar-refractivity contribution in [2.45, 2.75) is 67.2 Å². The van der Waals surface area contributed by atoms with Gasteiger partial charge in [0.15, 0.2) is 0 Å². The van der Waals surface area contributed by atoms with Crippen LogP contribution in [0.4, 0.5) is 0 Å². The monoisotopic (exact) mass is 198 g/mol. The van der Waals surface area contributed by atoms with Crippen molar-refractivity contribution in [3.05, 3.63) is 0 Å². The third-order valence-electron chi connectivity index (χ3n) is 3.32. The quantitative estimate of drug-likeness (QED) is 0.532. The summed E-state index contributed by atoms with van der Waals surface area (Å²) in [6, 6.07) is 0. The molecule has 0 amide bonds. The van der Waals surface area contributed by atoms with Crippen LogP contribution in [0.25, 0.3) is 0 Å². The summed E-state index contributed by atoms with van der Waals surface area (Å²) in [5, 5.41) is 0. The van der Waals surface area contributed by atoms with Crippen molar-refractivity contribution in [1.29, 1.82) is 0 Å². The summed E-state index contributed by atoms with van der Waals surface area (Å²) in [5.41, 5.74) is 0. The molecule has 86 valence electrons. The van der Waals surface area contributed by atoms with Gasteiger partial charge in [0, 0.05) is 0 Å². The van der Waals surface area contributed by atoms with E-state index < -0.39 is 0 Å². The van der Waals surface area contributed by atoms with Gasteiger partial charge in [-0.2, -0.15) is 0 Å². The molecule has 0 saturated carbocycles. The standard InChI is InChI=1S/C14H30/c1-7-8-9-14(12(4)5)13(6)10-11(2)3/h11-14H,7-10H2,1-6H3. The van der Waals surface area contributed by atoms with E-state index in [1.54, 1.807) is 0 Å². The summed E-state index contributed by atoms with van der Waals surface area (Å²) in [7, 11) is 0. The van der Waals surface area contributed by atoms with Gasteiger partial charge in [0.1, 0.15) is 0 Å². The number of hydrogen-bond donors (Lipinski definition) is 0. The highest BCUT2D eigenvalue weighted by Crippen LogP contribution is 2.30. The largest absolute Gasteiger partial charge is 0.0654 e. The predicted molar refractivity (Wildman–Crippen MR) is 66.5 cm³/mol. The summed E-state index contributed by atoms with van der Waals surface area (Å²) in [5.74, 6) is 3.56. The van der Waals surface area contributed by atoms with E-state index in [2.05, 4.69) is 41.5 Å². The molecular weight excluding hydrogens is 168 g/mol. The second-order valence-electron chi connectivity index (χ2n) is 5.66. The molecule has 0 aliphatic carbocycles.